The molecule has 0 aliphatic rings. The number of allylic oxidation sites excluding steroid dienone is 1. The lowest BCUT2D eigenvalue weighted by Crippen LogP contribution is -1.87. The Hall–Kier alpha value is 0.0725. The Morgan fingerprint density at radius 2 is 1.60 bits per heavy atom. The monoisotopic (exact) mass is 226 g/mol. The van der Waals surface area contributed by atoms with E-state index >= 15 is 0 Å². The fourth-order valence-electron chi connectivity index (χ4n) is 1.54. The standard InChI is InChI=1S/C11H22O.C2H5.Al.H/c1-2-3-4-5-6-7-8-9-10-11-12;1-2;;/h10-12H,2-9H2,1H3;1H2,2H3;;/q;;+1;/p-1/b11-10+;;;. The molecule has 2 heteroatoms. The lowest BCUT2D eigenvalue weighted by Gasteiger charge is -1.99. The summed E-state index contributed by atoms with van der Waals surface area (Å²) in [5.74, 6) is 0. The Labute approximate surface area is 102 Å². The van der Waals surface area contributed by atoms with Crippen molar-refractivity contribution >= 4 is 15.6 Å². The molecule has 1 nitrogen and oxygen atoms in total. The van der Waals surface area contributed by atoms with Gasteiger partial charge in [-0.25, -0.2) is 0 Å². The highest BCUT2D eigenvalue weighted by Gasteiger charge is 1.89. The summed E-state index contributed by atoms with van der Waals surface area (Å²) >= 11 is -0.219. The van der Waals surface area contributed by atoms with Gasteiger partial charge in [0.05, 0.1) is 0 Å². The third-order valence-electron chi connectivity index (χ3n) is 2.49. The summed E-state index contributed by atoms with van der Waals surface area (Å²) in [5.41, 5.74) is 0. The van der Waals surface area contributed by atoms with Crippen molar-refractivity contribution in [2.75, 3.05) is 0 Å². The molecule has 0 atom stereocenters. The van der Waals surface area contributed by atoms with Gasteiger partial charge >= 0.3 is 15.6 Å². The van der Waals surface area contributed by atoms with Crippen molar-refractivity contribution in [1.82, 2.24) is 0 Å². The van der Waals surface area contributed by atoms with Crippen LogP contribution in [0.3, 0.4) is 0 Å². The number of hydrogen-bond donors (Lipinski definition) is 0. The maximum Gasteiger partial charge on any atom is 0.521 e. The second-order valence-corrected chi connectivity index (χ2v) is 5.89. The molecule has 0 spiro atoms. The molecule has 0 bridgehead atoms. The van der Waals surface area contributed by atoms with Gasteiger partial charge in [0.25, 0.3) is 0 Å². The van der Waals surface area contributed by atoms with E-state index in [0.29, 0.717) is 0 Å². The van der Waals surface area contributed by atoms with E-state index in [1.807, 2.05) is 6.26 Å². The molecule has 0 radical (unpaired) electrons. The molecule has 0 aromatic rings. The first-order chi connectivity index (χ1) is 7.41. The summed E-state index contributed by atoms with van der Waals surface area (Å²) in [5, 5.41) is 1.24. The maximum absolute atomic E-state index is 5.40. The smallest absolute Gasteiger partial charge is 0.521 e. The molecule has 0 aromatic carbocycles. The van der Waals surface area contributed by atoms with Crippen molar-refractivity contribution in [2.24, 2.45) is 0 Å². The highest BCUT2D eigenvalue weighted by Crippen LogP contribution is 2.08. The molecular weight excluding hydrogens is 199 g/mol. The van der Waals surface area contributed by atoms with Crippen LogP contribution in [0.4, 0.5) is 0 Å². The van der Waals surface area contributed by atoms with Crippen LogP contribution in [-0.2, 0) is 3.79 Å². The average molecular weight is 226 g/mol. The van der Waals surface area contributed by atoms with Gasteiger partial charge in [0.1, 0.15) is 0 Å². The maximum atomic E-state index is 5.40. The zero-order chi connectivity index (χ0) is 11.2. The topological polar surface area (TPSA) is 9.23 Å². The normalized spacial score (nSPS) is 10.8. The first-order valence-electron chi connectivity index (χ1n) is 6.68. The van der Waals surface area contributed by atoms with E-state index in [2.05, 4.69) is 19.9 Å². The van der Waals surface area contributed by atoms with Gasteiger partial charge in [0, 0.05) is 6.26 Å². The highest BCUT2D eigenvalue weighted by atomic mass is 27.1. The molecule has 88 valence electrons. The van der Waals surface area contributed by atoms with Crippen LogP contribution in [0, 0.1) is 0 Å². The van der Waals surface area contributed by atoms with Crippen LogP contribution < -0.4 is 0 Å². The van der Waals surface area contributed by atoms with E-state index in [4.69, 9.17) is 3.79 Å². The Morgan fingerprint density at radius 3 is 2.27 bits per heavy atom. The van der Waals surface area contributed by atoms with Crippen molar-refractivity contribution in [3.63, 3.8) is 0 Å². The third-order valence-corrected chi connectivity index (χ3v) is 3.33. The Balaban J connectivity index is 2.95. The minimum absolute atomic E-state index is 0.219. The molecule has 0 aliphatic carbocycles. The van der Waals surface area contributed by atoms with Crippen molar-refractivity contribution in [1.29, 1.82) is 0 Å². The summed E-state index contributed by atoms with van der Waals surface area (Å²) in [7, 11) is 0. The van der Waals surface area contributed by atoms with E-state index in [0.717, 1.165) is 0 Å². The number of rotatable bonds is 11. The van der Waals surface area contributed by atoms with Crippen LogP contribution in [0.15, 0.2) is 12.3 Å². The largest absolute Gasteiger partial charge is 0.651 e. The lowest BCUT2D eigenvalue weighted by molar-refractivity contribution is 0.509. The van der Waals surface area contributed by atoms with Crippen molar-refractivity contribution in [3.05, 3.63) is 12.3 Å². The lowest BCUT2D eigenvalue weighted by atomic mass is 10.1. The van der Waals surface area contributed by atoms with E-state index in [9.17, 15) is 0 Å². The molecule has 0 aliphatic heterocycles. The van der Waals surface area contributed by atoms with Crippen molar-refractivity contribution in [2.45, 2.75) is 70.5 Å². The van der Waals surface area contributed by atoms with Crippen molar-refractivity contribution < 1.29 is 3.79 Å². The van der Waals surface area contributed by atoms with Gasteiger partial charge in [0.15, 0.2) is 0 Å². The second kappa shape index (κ2) is 14.1. The van der Waals surface area contributed by atoms with E-state index < -0.39 is 0 Å². The van der Waals surface area contributed by atoms with Crippen molar-refractivity contribution in [3.8, 4) is 0 Å². The molecule has 15 heavy (non-hydrogen) atoms. The van der Waals surface area contributed by atoms with Gasteiger partial charge < -0.3 is 3.79 Å². The molecule has 0 heterocycles. The predicted octanol–water partition coefficient (Wildman–Crippen LogP) is 4.45. The third kappa shape index (κ3) is 14.1. The van der Waals surface area contributed by atoms with E-state index in [1.54, 1.807) is 0 Å². The molecule has 0 aromatic heterocycles. The average Bonchev–Trinajstić information content (AvgIpc) is 2.26. The molecule has 0 saturated heterocycles. The van der Waals surface area contributed by atoms with Gasteiger partial charge in [-0.05, 0) is 12.8 Å². The molecule has 0 rings (SSSR count). The number of unbranched alkanes of at least 4 members (excludes halogenated alkanes) is 7. The highest BCUT2D eigenvalue weighted by molar-refractivity contribution is 6.27. The Bertz CT molecular complexity index is 134. The van der Waals surface area contributed by atoms with Gasteiger partial charge in [-0.3, -0.25) is 0 Å². The first kappa shape index (κ1) is 15.1. The fraction of sp³-hybridized carbons (Fsp3) is 0.846. The molecular formula is C13H27AlO. The summed E-state index contributed by atoms with van der Waals surface area (Å²) in [6.07, 6.45) is 15.1. The first-order valence-corrected chi connectivity index (χ1v) is 8.26. The van der Waals surface area contributed by atoms with Crippen LogP contribution >= 0.6 is 0 Å². The predicted molar refractivity (Wildman–Crippen MR) is 70.5 cm³/mol. The van der Waals surface area contributed by atoms with E-state index in [-0.39, 0.29) is 15.6 Å². The fourth-order valence-corrected chi connectivity index (χ4v) is 2.05. The van der Waals surface area contributed by atoms with Crippen LogP contribution in [0.2, 0.25) is 5.28 Å². The Morgan fingerprint density at radius 1 is 0.933 bits per heavy atom. The molecule has 0 fully saturated rings. The molecule has 0 saturated carbocycles. The summed E-state index contributed by atoms with van der Waals surface area (Å²) in [4.78, 5) is 0. The molecule has 0 amide bonds. The van der Waals surface area contributed by atoms with Gasteiger partial charge in [-0.2, -0.15) is 0 Å². The Kier molecular flexibility index (Phi) is 14.1. The van der Waals surface area contributed by atoms with Gasteiger partial charge in [-0.1, -0.05) is 63.7 Å². The van der Waals surface area contributed by atoms with Crippen LogP contribution in [0.25, 0.3) is 0 Å². The van der Waals surface area contributed by atoms with Gasteiger partial charge in [0.2, 0.25) is 0 Å². The minimum Gasteiger partial charge on any atom is -0.651 e. The summed E-state index contributed by atoms with van der Waals surface area (Å²) in [6, 6.07) is 0. The number of hydrogen-bond acceptors (Lipinski definition) is 1. The second-order valence-electron chi connectivity index (χ2n) is 4.15. The zero-order valence-electron chi connectivity index (χ0n) is 10.6. The van der Waals surface area contributed by atoms with Crippen LogP contribution in [0.1, 0.15) is 65.2 Å². The molecule has 0 N–H and O–H groups in total. The SMILES string of the molecule is CCCCCCCCC/C=C/[O][AlH][CH2]C. The minimum atomic E-state index is -0.219. The summed E-state index contributed by atoms with van der Waals surface area (Å²) < 4.78 is 5.40. The van der Waals surface area contributed by atoms with Crippen LogP contribution in [-0.4, -0.2) is 15.6 Å². The summed E-state index contributed by atoms with van der Waals surface area (Å²) in [6.45, 7) is 4.46. The van der Waals surface area contributed by atoms with Gasteiger partial charge in [-0.15, -0.1) is 0 Å². The van der Waals surface area contributed by atoms with Crippen LogP contribution in [0.5, 0.6) is 0 Å². The zero-order valence-corrected chi connectivity index (χ0v) is 12.0. The molecule has 0 unspecified atom stereocenters. The quantitative estimate of drug-likeness (QED) is 0.287. The van der Waals surface area contributed by atoms with E-state index in [1.165, 1.54) is 56.6 Å².